The van der Waals surface area contributed by atoms with Crippen LogP contribution in [0.25, 0.3) is 0 Å². The summed E-state index contributed by atoms with van der Waals surface area (Å²) in [5.41, 5.74) is 0.763. The van der Waals surface area contributed by atoms with Crippen molar-refractivity contribution in [1.29, 1.82) is 0 Å². The van der Waals surface area contributed by atoms with Gasteiger partial charge in [0.25, 0.3) is 0 Å². The molecule has 0 aliphatic rings. The summed E-state index contributed by atoms with van der Waals surface area (Å²) in [6, 6.07) is 7.44. The number of nitrogens with zero attached hydrogens (tertiary/aromatic N) is 3. The smallest absolute Gasteiger partial charge is 0.229 e. The van der Waals surface area contributed by atoms with Crippen LogP contribution < -0.4 is 19.7 Å². The second-order valence-electron chi connectivity index (χ2n) is 4.60. The van der Waals surface area contributed by atoms with Crippen molar-refractivity contribution in [1.82, 2.24) is 9.97 Å². The maximum absolute atomic E-state index is 5.35. The SMILES string of the molecule is CCN(CC)c1ccnc(Nc2cc(OC)ccc2OC)n1. The molecule has 0 saturated heterocycles. The lowest BCUT2D eigenvalue weighted by molar-refractivity contribution is 0.405. The van der Waals surface area contributed by atoms with Crippen LogP contribution in [0.1, 0.15) is 13.8 Å². The number of ether oxygens (including phenoxy) is 2. The largest absolute Gasteiger partial charge is 0.497 e. The first-order chi connectivity index (χ1) is 10.7. The van der Waals surface area contributed by atoms with Gasteiger partial charge in [0.1, 0.15) is 17.3 Å². The van der Waals surface area contributed by atoms with Crippen LogP contribution in [0.3, 0.4) is 0 Å². The topological polar surface area (TPSA) is 59.5 Å². The minimum atomic E-state index is 0.524. The van der Waals surface area contributed by atoms with Gasteiger partial charge < -0.3 is 19.7 Å². The van der Waals surface area contributed by atoms with Gasteiger partial charge in [0.05, 0.1) is 19.9 Å². The highest BCUT2D eigenvalue weighted by molar-refractivity contribution is 5.65. The highest BCUT2D eigenvalue weighted by Gasteiger charge is 2.09. The molecule has 22 heavy (non-hydrogen) atoms. The molecule has 1 aromatic carbocycles. The molecule has 0 fully saturated rings. The van der Waals surface area contributed by atoms with Crippen LogP contribution in [0.4, 0.5) is 17.5 Å². The van der Waals surface area contributed by atoms with Crippen LogP contribution in [0.15, 0.2) is 30.5 Å². The molecule has 1 heterocycles. The van der Waals surface area contributed by atoms with E-state index in [-0.39, 0.29) is 0 Å². The van der Waals surface area contributed by atoms with Gasteiger partial charge in [-0.25, -0.2) is 4.98 Å². The molecule has 0 amide bonds. The number of hydrogen-bond donors (Lipinski definition) is 1. The average Bonchev–Trinajstić information content (AvgIpc) is 2.56. The number of nitrogens with one attached hydrogen (secondary N) is 1. The Morgan fingerprint density at radius 3 is 2.50 bits per heavy atom. The van der Waals surface area contributed by atoms with E-state index >= 15 is 0 Å². The molecule has 6 nitrogen and oxygen atoms in total. The summed E-state index contributed by atoms with van der Waals surface area (Å²) in [5, 5.41) is 3.19. The first-order valence-corrected chi connectivity index (χ1v) is 7.28. The van der Waals surface area contributed by atoms with Gasteiger partial charge in [-0.3, -0.25) is 0 Å². The standard InChI is InChI=1S/C16H22N4O2/c1-5-20(6-2)15-9-10-17-16(19-15)18-13-11-12(21-3)7-8-14(13)22-4/h7-11H,5-6H2,1-4H3,(H,17,18,19). The fourth-order valence-electron chi connectivity index (χ4n) is 2.17. The highest BCUT2D eigenvalue weighted by Crippen LogP contribution is 2.30. The van der Waals surface area contributed by atoms with E-state index in [0.717, 1.165) is 30.3 Å². The molecule has 0 bridgehead atoms. The molecule has 0 atom stereocenters. The summed E-state index contributed by atoms with van der Waals surface area (Å²) in [4.78, 5) is 11.0. The van der Waals surface area contributed by atoms with E-state index in [9.17, 15) is 0 Å². The van der Waals surface area contributed by atoms with E-state index in [2.05, 4.69) is 34.0 Å². The van der Waals surface area contributed by atoms with Gasteiger partial charge in [0, 0.05) is 25.4 Å². The minimum Gasteiger partial charge on any atom is -0.497 e. The lowest BCUT2D eigenvalue weighted by Gasteiger charge is -2.20. The number of methoxy groups -OCH3 is 2. The molecule has 2 rings (SSSR count). The lowest BCUT2D eigenvalue weighted by atomic mass is 10.2. The highest BCUT2D eigenvalue weighted by atomic mass is 16.5. The first kappa shape index (κ1) is 15.9. The van der Waals surface area contributed by atoms with Crippen LogP contribution in [0, 0.1) is 0 Å². The molecule has 0 radical (unpaired) electrons. The average molecular weight is 302 g/mol. The zero-order chi connectivity index (χ0) is 15.9. The third-order valence-corrected chi connectivity index (χ3v) is 3.38. The van der Waals surface area contributed by atoms with Crippen LogP contribution in [0.2, 0.25) is 0 Å². The summed E-state index contributed by atoms with van der Waals surface area (Å²) in [5.74, 6) is 2.86. The van der Waals surface area contributed by atoms with E-state index in [1.807, 2.05) is 24.3 Å². The zero-order valence-corrected chi connectivity index (χ0v) is 13.5. The molecule has 1 aromatic heterocycles. The van der Waals surface area contributed by atoms with Crippen molar-refractivity contribution in [2.75, 3.05) is 37.5 Å². The Bertz CT molecular complexity index is 615. The van der Waals surface area contributed by atoms with Crippen LogP contribution >= 0.6 is 0 Å². The van der Waals surface area contributed by atoms with Crippen molar-refractivity contribution in [2.45, 2.75) is 13.8 Å². The first-order valence-electron chi connectivity index (χ1n) is 7.28. The molecule has 0 unspecified atom stereocenters. The summed E-state index contributed by atoms with van der Waals surface area (Å²) < 4.78 is 10.6. The number of hydrogen-bond acceptors (Lipinski definition) is 6. The Morgan fingerprint density at radius 2 is 1.86 bits per heavy atom. The summed E-state index contributed by atoms with van der Waals surface area (Å²) in [6.07, 6.45) is 1.75. The molecule has 0 saturated carbocycles. The second-order valence-corrected chi connectivity index (χ2v) is 4.60. The molecular formula is C16H22N4O2. The Morgan fingerprint density at radius 1 is 1.09 bits per heavy atom. The fourth-order valence-corrected chi connectivity index (χ4v) is 2.17. The van der Waals surface area contributed by atoms with E-state index < -0.39 is 0 Å². The van der Waals surface area contributed by atoms with Crippen molar-refractivity contribution in [2.24, 2.45) is 0 Å². The molecule has 0 spiro atoms. The normalized spacial score (nSPS) is 10.2. The molecule has 118 valence electrons. The summed E-state index contributed by atoms with van der Waals surface area (Å²) in [7, 11) is 3.25. The van der Waals surface area contributed by atoms with E-state index in [1.54, 1.807) is 20.4 Å². The third kappa shape index (κ3) is 3.58. The Balaban J connectivity index is 2.29. The van der Waals surface area contributed by atoms with Gasteiger partial charge >= 0.3 is 0 Å². The van der Waals surface area contributed by atoms with Crippen molar-refractivity contribution in [3.63, 3.8) is 0 Å². The van der Waals surface area contributed by atoms with Crippen LogP contribution in [-0.4, -0.2) is 37.3 Å². The van der Waals surface area contributed by atoms with Gasteiger partial charge in [0.15, 0.2) is 0 Å². The van der Waals surface area contributed by atoms with Crippen molar-refractivity contribution < 1.29 is 9.47 Å². The number of aromatic nitrogens is 2. The quantitative estimate of drug-likeness (QED) is 0.848. The Labute approximate surface area is 131 Å². The minimum absolute atomic E-state index is 0.524. The lowest BCUT2D eigenvalue weighted by Crippen LogP contribution is -2.23. The predicted octanol–water partition coefficient (Wildman–Crippen LogP) is 3.08. The predicted molar refractivity (Wildman–Crippen MR) is 88.4 cm³/mol. The van der Waals surface area contributed by atoms with Crippen LogP contribution in [0.5, 0.6) is 11.5 Å². The Hall–Kier alpha value is -2.50. The van der Waals surface area contributed by atoms with Gasteiger partial charge in [-0.2, -0.15) is 4.98 Å². The van der Waals surface area contributed by atoms with E-state index in [4.69, 9.17) is 9.47 Å². The molecule has 0 aliphatic carbocycles. The molecule has 2 aromatic rings. The number of anilines is 3. The van der Waals surface area contributed by atoms with E-state index in [0.29, 0.717) is 11.7 Å². The van der Waals surface area contributed by atoms with Gasteiger partial charge in [0.2, 0.25) is 5.95 Å². The third-order valence-electron chi connectivity index (χ3n) is 3.38. The van der Waals surface area contributed by atoms with Gasteiger partial charge in [-0.1, -0.05) is 0 Å². The molecule has 0 aliphatic heterocycles. The maximum atomic E-state index is 5.35. The van der Waals surface area contributed by atoms with Crippen molar-refractivity contribution in [3.05, 3.63) is 30.5 Å². The molecular weight excluding hydrogens is 280 g/mol. The number of rotatable bonds is 7. The van der Waals surface area contributed by atoms with Crippen molar-refractivity contribution in [3.8, 4) is 11.5 Å². The Kier molecular flexibility index (Phi) is 5.41. The fraction of sp³-hybridized carbons (Fsp3) is 0.375. The molecule has 1 N–H and O–H groups in total. The van der Waals surface area contributed by atoms with Crippen molar-refractivity contribution >= 4 is 17.5 Å². The number of benzene rings is 1. The second kappa shape index (κ2) is 7.49. The van der Waals surface area contributed by atoms with Gasteiger partial charge in [-0.15, -0.1) is 0 Å². The summed E-state index contributed by atoms with van der Waals surface area (Å²) >= 11 is 0. The van der Waals surface area contributed by atoms with E-state index in [1.165, 1.54) is 0 Å². The maximum Gasteiger partial charge on any atom is 0.229 e. The van der Waals surface area contributed by atoms with Gasteiger partial charge in [-0.05, 0) is 32.0 Å². The zero-order valence-electron chi connectivity index (χ0n) is 13.5. The summed E-state index contributed by atoms with van der Waals surface area (Å²) in [6.45, 7) is 6.00. The molecule has 6 heteroatoms. The van der Waals surface area contributed by atoms with Crippen LogP contribution in [-0.2, 0) is 0 Å². The monoisotopic (exact) mass is 302 g/mol.